The molecule has 0 aliphatic carbocycles. The number of aliphatic imine (C=N–C) groups is 1. The van der Waals surface area contributed by atoms with Crippen LogP contribution >= 0.6 is 11.3 Å². The minimum Gasteiger partial charge on any atom is -0.305 e. The van der Waals surface area contributed by atoms with E-state index in [9.17, 15) is 0 Å². The molecule has 1 atom stereocenters. The molecule has 1 saturated heterocycles. The van der Waals surface area contributed by atoms with E-state index >= 15 is 0 Å². The van der Waals surface area contributed by atoms with Gasteiger partial charge < -0.3 is 4.90 Å². The molecule has 0 spiro atoms. The highest BCUT2D eigenvalue weighted by molar-refractivity contribution is 7.18. The highest BCUT2D eigenvalue weighted by Crippen LogP contribution is 2.33. The Hall–Kier alpha value is -1.26. The number of nitrogens with zero attached hydrogens (tertiary/aromatic N) is 3. The molecule has 1 fully saturated rings. The molecule has 4 rings (SSSR count). The third-order valence-electron chi connectivity index (χ3n) is 4.62. The van der Waals surface area contributed by atoms with Crippen LogP contribution in [0.2, 0.25) is 0 Å². The van der Waals surface area contributed by atoms with Crippen LogP contribution < -0.4 is 0 Å². The molecule has 0 amide bonds. The lowest BCUT2D eigenvalue weighted by atomic mass is 9.96. The molecule has 0 radical (unpaired) electrons. The Morgan fingerprint density at radius 3 is 2.86 bits per heavy atom. The smallest absolute Gasteiger partial charge is 0.0995 e. The summed E-state index contributed by atoms with van der Waals surface area (Å²) >= 11 is 1.86. The SMILES string of the molecule is CC1CCC(c2ccc3sc(C4CN(C)C4)nc3c2)=NC1. The zero-order chi connectivity index (χ0) is 14.4. The van der Waals surface area contributed by atoms with Crippen molar-refractivity contribution in [1.82, 2.24) is 9.88 Å². The van der Waals surface area contributed by atoms with Gasteiger partial charge in [-0.15, -0.1) is 11.3 Å². The molecule has 2 aliphatic heterocycles. The number of rotatable bonds is 2. The third-order valence-corrected chi connectivity index (χ3v) is 5.82. The van der Waals surface area contributed by atoms with Gasteiger partial charge in [-0.05, 0) is 43.5 Å². The van der Waals surface area contributed by atoms with Gasteiger partial charge in [0.25, 0.3) is 0 Å². The van der Waals surface area contributed by atoms with Crippen LogP contribution in [0.15, 0.2) is 23.2 Å². The minimum absolute atomic E-state index is 0.642. The Morgan fingerprint density at radius 2 is 2.14 bits per heavy atom. The summed E-state index contributed by atoms with van der Waals surface area (Å²) in [5, 5.41) is 1.31. The van der Waals surface area contributed by atoms with Crippen LogP contribution in [0.25, 0.3) is 10.2 Å². The maximum atomic E-state index is 4.88. The molecule has 0 N–H and O–H groups in total. The first-order valence-electron chi connectivity index (χ1n) is 7.82. The van der Waals surface area contributed by atoms with E-state index in [4.69, 9.17) is 9.98 Å². The topological polar surface area (TPSA) is 28.5 Å². The summed E-state index contributed by atoms with van der Waals surface area (Å²) in [7, 11) is 2.17. The second kappa shape index (κ2) is 5.18. The van der Waals surface area contributed by atoms with E-state index in [1.165, 1.54) is 27.4 Å². The maximum absolute atomic E-state index is 4.88. The summed E-state index contributed by atoms with van der Waals surface area (Å²) in [6, 6.07) is 6.70. The average molecular weight is 299 g/mol. The lowest BCUT2D eigenvalue weighted by Crippen LogP contribution is -2.41. The van der Waals surface area contributed by atoms with E-state index in [0.29, 0.717) is 5.92 Å². The number of hydrogen-bond acceptors (Lipinski definition) is 4. The van der Waals surface area contributed by atoms with Gasteiger partial charge in [-0.3, -0.25) is 4.99 Å². The van der Waals surface area contributed by atoms with Crippen LogP contribution in [0.1, 0.15) is 36.3 Å². The largest absolute Gasteiger partial charge is 0.305 e. The predicted octanol–water partition coefficient (Wildman–Crippen LogP) is 3.54. The van der Waals surface area contributed by atoms with Crippen molar-refractivity contribution in [2.75, 3.05) is 26.7 Å². The quantitative estimate of drug-likeness (QED) is 0.848. The van der Waals surface area contributed by atoms with Gasteiger partial charge in [0.05, 0.1) is 15.2 Å². The van der Waals surface area contributed by atoms with Gasteiger partial charge in [-0.2, -0.15) is 0 Å². The highest BCUT2D eigenvalue weighted by Gasteiger charge is 2.27. The Balaban J connectivity index is 1.63. The van der Waals surface area contributed by atoms with Crippen molar-refractivity contribution in [1.29, 1.82) is 0 Å². The molecule has 0 bridgehead atoms. The normalized spacial score (nSPS) is 24.1. The molecule has 4 heteroatoms. The molecule has 2 aromatic rings. The maximum Gasteiger partial charge on any atom is 0.0995 e. The fourth-order valence-corrected chi connectivity index (χ4v) is 4.24. The second-order valence-electron chi connectivity index (χ2n) is 6.58. The zero-order valence-corrected chi connectivity index (χ0v) is 13.5. The Labute approximate surface area is 129 Å². The first-order chi connectivity index (χ1) is 10.2. The van der Waals surface area contributed by atoms with Crippen molar-refractivity contribution in [2.45, 2.75) is 25.7 Å². The van der Waals surface area contributed by atoms with E-state index in [-0.39, 0.29) is 0 Å². The van der Waals surface area contributed by atoms with Gasteiger partial charge in [0.2, 0.25) is 0 Å². The number of fused-ring (bicyclic) bond motifs is 1. The lowest BCUT2D eigenvalue weighted by molar-refractivity contribution is 0.189. The highest BCUT2D eigenvalue weighted by atomic mass is 32.1. The standard InChI is InChI=1S/C17H21N3S/c1-11-3-5-14(18-8-11)12-4-6-16-15(7-12)19-17(21-16)13-9-20(2)10-13/h4,6-7,11,13H,3,5,8-10H2,1-2H3. The Bertz CT molecular complexity index is 697. The van der Waals surface area contributed by atoms with Crippen molar-refractivity contribution >= 4 is 27.3 Å². The summed E-state index contributed by atoms with van der Waals surface area (Å²) in [6.07, 6.45) is 2.37. The molecule has 0 saturated carbocycles. The summed E-state index contributed by atoms with van der Waals surface area (Å²) in [4.78, 5) is 12.0. The molecule has 3 heterocycles. The molecule has 1 aromatic heterocycles. The number of benzene rings is 1. The van der Waals surface area contributed by atoms with Crippen LogP contribution in [0, 0.1) is 5.92 Å². The fraction of sp³-hybridized carbons (Fsp3) is 0.529. The summed E-state index contributed by atoms with van der Waals surface area (Å²) in [6.45, 7) is 5.56. The lowest BCUT2D eigenvalue weighted by Gasteiger charge is -2.34. The van der Waals surface area contributed by atoms with Gasteiger partial charge >= 0.3 is 0 Å². The van der Waals surface area contributed by atoms with E-state index in [2.05, 4.69) is 37.1 Å². The number of likely N-dealkylation sites (tertiary alicyclic amines) is 1. The molecule has 21 heavy (non-hydrogen) atoms. The molecule has 1 unspecified atom stereocenters. The average Bonchev–Trinajstić information content (AvgIpc) is 2.87. The van der Waals surface area contributed by atoms with Gasteiger partial charge in [0, 0.05) is 31.3 Å². The van der Waals surface area contributed by atoms with Crippen molar-refractivity contribution in [2.24, 2.45) is 10.9 Å². The molecular formula is C17H21N3S. The van der Waals surface area contributed by atoms with Crippen molar-refractivity contribution in [3.8, 4) is 0 Å². The minimum atomic E-state index is 0.642. The monoisotopic (exact) mass is 299 g/mol. The van der Waals surface area contributed by atoms with Crippen LogP contribution in [0.4, 0.5) is 0 Å². The number of hydrogen-bond donors (Lipinski definition) is 0. The Kier molecular flexibility index (Phi) is 3.31. The number of thiazole rings is 1. The molecule has 110 valence electrons. The van der Waals surface area contributed by atoms with Crippen LogP contribution in [-0.2, 0) is 0 Å². The molecule has 2 aliphatic rings. The first kappa shape index (κ1) is 13.4. The van der Waals surface area contributed by atoms with Crippen molar-refractivity contribution < 1.29 is 0 Å². The van der Waals surface area contributed by atoms with Crippen molar-refractivity contribution in [3.63, 3.8) is 0 Å². The predicted molar refractivity (Wildman–Crippen MR) is 89.7 cm³/mol. The van der Waals surface area contributed by atoms with Crippen LogP contribution in [0.3, 0.4) is 0 Å². The van der Waals surface area contributed by atoms with Crippen molar-refractivity contribution in [3.05, 3.63) is 28.8 Å². The second-order valence-corrected chi connectivity index (χ2v) is 7.65. The molecule has 1 aromatic carbocycles. The summed E-state index contributed by atoms with van der Waals surface area (Å²) in [5.74, 6) is 1.38. The zero-order valence-electron chi connectivity index (χ0n) is 12.7. The number of likely N-dealkylation sites (N-methyl/N-ethyl adjacent to an activating group) is 1. The van der Waals surface area contributed by atoms with E-state index in [0.717, 1.165) is 37.5 Å². The van der Waals surface area contributed by atoms with E-state index in [1.54, 1.807) is 0 Å². The third kappa shape index (κ3) is 2.51. The first-order valence-corrected chi connectivity index (χ1v) is 8.63. The van der Waals surface area contributed by atoms with E-state index < -0.39 is 0 Å². The van der Waals surface area contributed by atoms with Gasteiger partial charge in [0.15, 0.2) is 0 Å². The summed E-state index contributed by atoms with van der Waals surface area (Å²) in [5.41, 5.74) is 3.70. The number of aromatic nitrogens is 1. The molecule has 3 nitrogen and oxygen atoms in total. The van der Waals surface area contributed by atoms with Gasteiger partial charge in [-0.1, -0.05) is 13.0 Å². The van der Waals surface area contributed by atoms with E-state index in [1.807, 2.05) is 11.3 Å². The van der Waals surface area contributed by atoms with Gasteiger partial charge in [0.1, 0.15) is 0 Å². The Morgan fingerprint density at radius 1 is 1.29 bits per heavy atom. The van der Waals surface area contributed by atoms with Crippen LogP contribution in [-0.4, -0.2) is 42.3 Å². The summed E-state index contributed by atoms with van der Waals surface area (Å²) < 4.78 is 1.31. The molecular weight excluding hydrogens is 278 g/mol. The van der Waals surface area contributed by atoms with Crippen LogP contribution in [0.5, 0.6) is 0 Å². The fourth-order valence-electron chi connectivity index (χ4n) is 3.21. The van der Waals surface area contributed by atoms with Gasteiger partial charge in [-0.25, -0.2) is 4.98 Å².